The van der Waals surface area contributed by atoms with Gasteiger partial charge < -0.3 is 9.15 Å². The Bertz CT molecular complexity index is 1180. The summed E-state index contributed by atoms with van der Waals surface area (Å²) >= 11 is 0. The lowest BCUT2D eigenvalue weighted by molar-refractivity contribution is 0.304. The molecule has 1 aromatic carbocycles. The number of furan rings is 1. The molecule has 4 aromatic heterocycles. The predicted molar refractivity (Wildman–Crippen MR) is 102 cm³/mol. The van der Waals surface area contributed by atoms with Crippen molar-refractivity contribution >= 4 is 16.6 Å². The molecule has 0 aliphatic carbocycles. The average molecular weight is 356 g/mol. The van der Waals surface area contributed by atoms with Crippen LogP contribution in [0, 0.1) is 0 Å². The summed E-state index contributed by atoms with van der Waals surface area (Å²) in [7, 11) is 0. The molecule has 6 nitrogen and oxygen atoms in total. The fourth-order valence-electron chi connectivity index (χ4n) is 3.03. The van der Waals surface area contributed by atoms with Gasteiger partial charge in [-0.1, -0.05) is 30.3 Å². The molecule has 0 atom stereocenters. The zero-order valence-electron chi connectivity index (χ0n) is 14.4. The highest BCUT2D eigenvalue weighted by molar-refractivity contribution is 5.81. The van der Waals surface area contributed by atoms with Crippen molar-refractivity contribution in [2.24, 2.45) is 0 Å². The SMILES string of the molecule is c1ccc(CCOc2ccc3ncc(-c4cc5cnccc5o4)n3n2)cc1. The summed E-state index contributed by atoms with van der Waals surface area (Å²) in [5, 5.41) is 5.51. The third kappa shape index (κ3) is 3.01. The van der Waals surface area contributed by atoms with Crippen LogP contribution < -0.4 is 4.74 Å². The molecule has 0 saturated heterocycles. The first kappa shape index (κ1) is 15.6. The monoisotopic (exact) mass is 356 g/mol. The molecular weight excluding hydrogens is 340 g/mol. The van der Waals surface area contributed by atoms with E-state index in [4.69, 9.17) is 9.15 Å². The normalized spacial score (nSPS) is 11.3. The van der Waals surface area contributed by atoms with Crippen molar-refractivity contribution in [2.45, 2.75) is 6.42 Å². The Labute approximate surface area is 155 Å². The van der Waals surface area contributed by atoms with E-state index in [1.807, 2.05) is 42.5 Å². The van der Waals surface area contributed by atoms with Crippen molar-refractivity contribution in [3.05, 3.63) is 78.8 Å². The van der Waals surface area contributed by atoms with E-state index in [2.05, 4.69) is 27.2 Å². The topological polar surface area (TPSA) is 65.5 Å². The molecule has 0 unspecified atom stereocenters. The number of pyridine rings is 1. The second-order valence-electron chi connectivity index (χ2n) is 6.19. The lowest BCUT2D eigenvalue weighted by Crippen LogP contribution is -2.05. The Morgan fingerprint density at radius 3 is 2.81 bits per heavy atom. The van der Waals surface area contributed by atoms with Gasteiger partial charge in [0.25, 0.3) is 0 Å². The highest BCUT2D eigenvalue weighted by Crippen LogP contribution is 2.27. The first-order valence-electron chi connectivity index (χ1n) is 8.72. The number of imidazole rings is 1. The number of nitrogens with zero attached hydrogens (tertiary/aromatic N) is 4. The molecule has 132 valence electrons. The van der Waals surface area contributed by atoms with E-state index in [1.54, 1.807) is 23.1 Å². The van der Waals surface area contributed by atoms with Crippen LogP contribution in [0.15, 0.2) is 77.6 Å². The molecule has 0 bridgehead atoms. The van der Waals surface area contributed by atoms with Gasteiger partial charge in [-0.3, -0.25) is 4.98 Å². The Morgan fingerprint density at radius 2 is 1.93 bits per heavy atom. The van der Waals surface area contributed by atoms with E-state index >= 15 is 0 Å². The lowest BCUT2D eigenvalue weighted by Gasteiger charge is -2.06. The van der Waals surface area contributed by atoms with Gasteiger partial charge >= 0.3 is 0 Å². The molecule has 0 aliphatic heterocycles. The fourth-order valence-corrected chi connectivity index (χ4v) is 3.03. The molecule has 5 rings (SSSR count). The van der Waals surface area contributed by atoms with E-state index in [0.717, 1.165) is 28.7 Å². The van der Waals surface area contributed by atoms with Crippen molar-refractivity contribution in [2.75, 3.05) is 6.61 Å². The molecule has 0 aliphatic rings. The number of benzene rings is 1. The van der Waals surface area contributed by atoms with Crippen LogP contribution in [0.5, 0.6) is 5.88 Å². The third-order valence-corrected chi connectivity index (χ3v) is 4.39. The molecule has 0 fully saturated rings. The second kappa shape index (κ2) is 6.57. The zero-order valence-corrected chi connectivity index (χ0v) is 14.4. The Balaban J connectivity index is 1.42. The van der Waals surface area contributed by atoms with Gasteiger partial charge in [0.15, 0.2) is 11.4 Å². The minimum Gasteiger partial charge on any atom is -0.476 e. The summed E-state index contributed by atoms with van der Waals surface area (Å²) in [6.45, 7) is 0.558. The highest BCUT2D eigenvalue weighted by atomic mass is 16.5. The van der Waals surface area contributed by atoms with Crippen molar-refractivity contribution in [3.63, 3.8) is 0 Å². The molecule has 0 N–H and O–H groups in total. The molecule has 4 heterocycles. The van der Waals surface area contributed by atoms with E-state index in [9.17, 15) is 0 Å². The molecule has 0 saturated carbocycles. The first-order chi connectivity index (χ1) is 13.4. The highest BCUT2D eigenvalue weighted by Gasteiger charge is 2.13. The maximum Gasteiger partial charge on any atom is 0.231 e. The smallest absolute Gasteiger partial charge is 0.231 e. The average Bonchev–Trinajstić information content (AvgIpc) is 3.32. The van der Waals surface area contributed by atoms with Gasteiger partial charge in [0.05, 0.1) is 12.8 Å². The summed E-state index contributed by atoms with van der Waals surface area (Å²) < 4.78 is 13.5. The van der Waals surface area contributed by atoms with Crippen LogP contribution in [0.4, 0.5) is 0 Å². The van der Waals surface area contributed by atoms with Crippen LogP contribution in [0.25, 0.3) is 28.1 Å². The second-order valence-corrected chi connectivity index (χ2v) is 6.19. The fraction of sp³-hybridized carbons (Fsp3) is 0.0952. The van der Waals surface area contributed by atoms with Gasteiger partial charge in [-0.15, -0.1) is 5.10 Å². The molecule has 0 amide bonds. The van der Waals surface area contributed by atoms with Crippen LogP contribution in [-0.2, 0) is 6.42 Å². The zero-order chi connectivity index (χ0) is 18.1. The standard InChI is InChI=1S/C21H16N4O2/c1-2-4-15(5-3-1)9-11-26-21-7-6-20-23-14-17(25(20)24-21)19-12-16-13-22-10-8-18(16)27-19/h1-8,10,12-14H,9,11H2. The number of ether oxygens (including phenoxy) is 1. The van der Waals surface area contributed by atoms with Crippen LogP contribution in [0.1, 0.15) is 5.56 Å². The molecular formula is C21H16N4O2. The number of hydrogen-bond acceptors (Lipinski definition) is 5. The maximum atomic E-state index is 5.92. The quantitative estimate of drug-likeness (QED) is 0.473. The van der Waals surface area contributed by atoms with Gasteiger partial charge in [0, 0.05) is 30.3 Å². The largest absolute Gasteiger partial charge is 0.476 e. The van der Waals surface area contributed by atoms with Crippen molar-refractivity contribution < 1.29 is 9.15 Å². The summed E-state index contributed by atoms with van der Waals surface area (Å²) in [5.41, 5.74) is 3.52. The maximum absolute atomic E-state index is 5.92. The summed E-state index contributed by atoms with van der Waals surface area (Å²) in [6.07, 6.45) is 6.06. The van der Waals surface area contributed by atoms with Gasteiger partial charge in [0.1, 0.15) is 11.3 Å². The first-order valence-corrected chi connectivity index (χ1v) is 8.72. The number of hydrogen-bond donors (Lipinski definition) is 0. The van der Waals surface area contributed by atoms with Crippen LogP contribution in [-0.4, -0.2) is 26.2 Å². The Morgan fingerprint density at radius 1 is 1.00 bits per heavy atom. The van der Waals surface area contributed by atoms with E-state index in [-0.39, 0.29) is 0 Å². The number of rotatable bonds is 5. The number of aromatic nitrogens is 4. The van der Waals surface area contributed by atoms with Crippen LogP contribution in [0.3, 0.4) is 0 Å². The summed E-state index contributed by atoms with van der Waals surface area (Å²) in [6, 6.07) is 17.7. The van der Waals surface area contributed by atoms with E-state index < -0.39 is 0 Å². The third-order valence-electron chi connectivity index (χ3n) is 4.39. The van der Waals surface area contributed by atoms with Gasteiger partial charge in [0.2, 0.25) is 5.88 Å². The minimum atomic E-state index is 0.551. The van der Waals surface area contributed by atoms with Gasteiger partial charge in [-0.05, 0) is 23.8 Å². The lowest BCUT2D eigenvalue weighted by atomic mass is 10.2. The van der Waals surface area contributed by atoms with Crippen LogP contribution in [0.2, 0.25) is 0 Å². The molecule has 5 aromatic rings. The van der Waals surface area contributed by atoms with E-state index in [1.165, 1.54) is 5.56 Å². The molecule has 0 spiro atoms. The Kier molecular flexibility index (Phi) is 3.79. The van der Waals surface area contributed by atoms with Crippen LogP contribution >= 0.6 is 0 Å². The summed E-state index contributed by atoms with van der Waals surface area (Å²) in [4.78, 5) is 8.53. The van der Waals surface area contributed by atoms with E-state index in [0.29, 0.717) is 18.2 Å². The Hall–Kier alpha value is -3.67. The van der Waals surface area contributed by atoms with Gasteiger partial charge in [-0.25, -0.2) is 9.50 Å². The molecule has 27 heavy (non-hydrogen) atoms. The van der Waals surface area contributed by atoms with Crippen molar-refractivity contribution in [1.82, 2.24) is 19.6 Å². The number of fused-ring (bicyclic) bond motifs is 2. The van der Waals surface area contributed by atoms with Crippen molar-refractivity contribution in [1.29, 1.82) is 0 Å². The summed E-state index contributed by atoms with van der Waals surface area (Å²) in [5.74, 6) is 1.25. The van der Waals surface area contributed by atoms with Gasteiger partial charge in [-0.2, -0.15) is 0 Å². The molecule has 0 radical (unpaired) electrons. The van der Waals surface area contributed by atoms with Crippen molar-refractivity contribution in [3.8, 4) is 17.3 Å². The minimum absolute atomic E-state index is 0.551. The molecule has 6 heteroatoms. The predicted octanol–water partition coefficient (Wildman–Crippen LogP) is 4.16.